The van der Waals surface area contributed by atoms with Gasteiger partial charge in [-0.05, 0) is 36.8 Å². The van der Waals surface area contributed by atoms with Crippen LogP contribution in [0.15, 0.2) is 41.7 Å². The number of β-amino-alcohol motifs (C(OH)–C–C–N with tert-alkyl or cyclic N) is 1. The molecule has 14 heteroatoms. The van der Waals surface area contributed by atoms with E-state index in [0.29, 0.717) is 18.2 Å². The number of ketones is 1. The van der Waals surface area contributed by atoms with Crippen molar-refractivity contribution in [3.05, 3.63) is 58.4 Å². The van der Waals surface area contributed by atoms with E-state index in [1.165, 1.54) is 24.5 Å². The van der Waals surface area contributed by atoms with E-state index in [-0.39, 0.29) is 42.1 Å². The molecule has 0 saturated heterocycles. The Balaban J connectivity index is 1.66. The van der Waals surface area contributed by atoms with Crippen molar-refractivity contribution in [3.8, 4) is 0 Å². The van der Waals surface area contributed by atoms with Gasteiger partial charge in [-0.25, -0.2) is 0 Å². The maximum absolute atomic E-state index is 13.3. The number of pyridine rings is 1. The number of carbonyl (C=O) groups is 3. The summed E-state index contributed by atoms with van der Waals surface area (Å²) in [5.41, 5.74) is -0.382. The number of amides is 1. The molecule has 2 aromatic rings. The van der Waals surface area contributed by atoms with Gasteiger partial charge in [0.2, 0.25) is 0 Å². The number of Topliss-reactive ketones (excluding diaryl/α,β-unsaturated/α-hetero) is 1. The number of alkyl halides is 3. The van der Waals surface area contributed by atoms with Crippen LogP contribution in [0.25, 0.3) is 0 Å². The van der Waals surface area contributed by atoms with Crippen LogP contribution in [0.3, 0.4) is 0 Å². The van der Waals surface area contributed by atoms with Crippen molar-refractivity contribution in [1.29, 1.82) is 0 Å². The molecule has 1 aliphatic heterocycles. The van der Waals surface area contributed by atoms with Crippen LogP contribution in [-0.2, 0) is 20.5 Å². The van der Waals surface area contributed by atoms with E-state index in [4.69, 9.17) is 16.3 Å². The number of carbonyl (C=O) groups excluding carboxylic acids is 3. The lowest BCUT2D eigenvalue weighted by Gasteiger charge is -2.20. The quantitative estimate of drug-likeness (QED) is 0.320. The molecule has 0 radical (unpaired) electrons. The van der Waals surface area contributed by atoms with Crippen LogP contribution >= 0.6 is 11.6 Å². The Bertz CT molecular complexity index is 1240. The third-order valence-electron chi connectivity index (χ3n) is 5.59. The predicted molar refractivity (Wildman–Crippen MR) is 137 cm³/mol. The molecule has 0 aliphatic carbocycles. The lowest BCUT2D eigenvalue weighted by Crippen LogP contribution is -2.42. The van der Waals surface area contributed by atoms with Crippen molar-refractivity contribution in [2.75, 3.05) is 31.6 Å². The molecular formula is C25H27ClF3N5O5. The molecule has 3 rings (SSSR count). The number of aliphatic hydroxyl groups is 1. The zero-order valence-electron chi connectivity index (χ0n) is 20.8. The molecule has 0 fully saturated rings. The molecule has 10 nitrogen and oxygen atoms in total. The topological polar surface area (TPSA) is 142 Å². The van der Waals surface area contributed by atoms with Crippen LogP contribution in [0.5, 0.6) is 0 Å². The first kappa shape index (κ1) is 29.8. The van der Waals surface area contributed by atoms with E-state index in [1.807, 2.05) is 0 Å². The van der Waals surface area contributed by atoms with Crippen molar-refractivity contribution in [3.63, 3.8) is 0 Å². The monoisotopic (exact) mass is 569 g/mol. The summed E-state index contributed by atoms with van der Waals surface area (Å²) in [5, 5.41) is 17.6. The summed E-state index contributed by atoms with van der Waals surface area (Å²) < 4.78 is 44.8. The molecule has 0 bridgehead atoms. The van der Waals surface area contributed by atoms with Gasteiger partial charge in [0.1, 0.15) is 0 Å². The first-order valence-corrected chi connectivity index (χ1v) is 12.3. The molecule has 210 valence electrons. The van der Waals surface area contributed by atoms with Crippen molar-refractivity contribution in [2.24, 2.45) is 4.99 Å². The van der Waals surface area contributed by atoms with Crippen molar-refractivity contribution in [1.82, 2.24) is 15.6 Å². The molecule has 1 unspecified atom stereocenters. The second-order valence-electron chi connectivity index (χ2n) is 8.71. The number of aliphatic imine (C=N–C) groups is 1. The summed E-state index contributed by atoms with van der Waals surface area (Å²) >= 11 is 5.89. The van der Waals surface area contributed by atoms with Crippen LogP contribution in [-0.4, -0.2) is 66.1 Å². The fourth-order valence-corrected chi connectivity index (χ4v) is 4.00. The van der Waals surface area contributed by atoms with Crippen LogP contribution in [0, 0.1) is 0 Å². The van der Waals surface area contributed by atoms with Gasteiger partial charge in [0, 0.05) is 30.1 Å². The number of esters is 1. The zero-order valence-corrected chi connectivity index (χ0v) is 21.6. The molecule has 1 amide bonds. The van der Waals surface area contributed by atoms with Gasteiger partial charge in [-0.3, -0.25) is 24.4 Å². The molecule has 2 heterocycles. The number of aromatic nitrogens is 1. The molecule has 39 heavy (non-hydrogen) atoms. The van der Waals surface area contributed by atoms with Gasteiger partial charge in [-0.2, -0.15) is 13.2 Å². The molecule has 0 spiro atoms. The van der Waals surface area contributed by atoms with Crippen LogP contribution in [0.1, 0.15) is 47.2 Å². The van der Waals surface area contributed by atoms with Gasteiger partial charge in [-0.1, -0.05) is 11.6 Å². The Hall–Kier alpha value is -3.71. The number of anilines is 1. The Morgan fingerprint density at radius 2 is 1.97 bits per heavy atom. The largest absolute Gasteiger partial charge is 0.466 e. The maximum Gasteiger partial charge on any atom is 0.416 e. The highest BCUT2D eigenvalue weighted by atomic mass is 35.5. The first-order chi connectivity index (χ1) is 18.4. The minimum Gasteiger partial charge on any atom is -0.466 e. The highest BCUT2D eigenvalue weighted by molar-refractivity contribution is 6.30. The number of nitrogens with zero attached hydrogens (tertiary/aromatic N) is 2. The smallest absolute Gasteiger partial charge is 0.416 e. The molecule has 1 aliphatic rings. The lowest BCUT2D eigenvalue weighted by molar-refractivity contribution is -0.143. The molecule has 2 atom stereocenters. The third-order valence-corrected chi connectivity index (χ3v) is 5.80. The van der Waals surface area contributed by atoms with Gasteiger partial charge < -0.3 is 25.8 Å². The van der Waals surface area contributed by atoms with E-state index in [0.717, 1.165) is 12.1 Å². The Morgan fingerprint density at radius 3 is 2.64 bits per heavy atom. The Labute approximate surface area is 227 Å². The normalized spacial score (nSPS) is 15.9. The van der Waals surface area contributed by atoms with Gasteiger partial charge >= 0.3 is 12.1 Å². The summed E-state index contributed by atoms with van der Waals surface area (Å²) in [5.74, 6) is -2.37. The number of halogens is 4. The minimum atomic E-state index is -4.68. The van der Waals surface area contributed by atoms with Crippen LogP contribution in [0.4, 0.5) is 18.9 Å². The van der Waals surface area contributed by atoms with Gasteiger partial charge in [-0.15, -0.1) is 0 Å². The summed E-state index contributed by atoms with van der Waals surface area (Å²) in [4.78, 5) is 45.6. The molecular weight excluding hydrogens is 543 g/mol. The summed E-state index contributed by atoms with van der Waals surface area (Å²) in [6.45, 7) is 1.73. The standard InChI is InChI=1S/C25H27ClF3N5O5/c1-2-39-22(37)7-15(14-3-17(25(27,28)29)8-18(26)4-14)6-20(35)11-31-23(38)16-5-19(10-30-9-16)34-24-32-12-21(36)13-33-24/h3-5,8-10,15,21,36H,2,6-7,11-13H2,1H3,(H,31,38)(H2,32,33,34)/t15-/m0/s1. The number of rotatable bonds is 10. The molecule has 1 aromatic heterocycles. The van der Waals surface area contributed by atoms with E-state index >= 15 is 0 Å². The van der Waals surface area contributed by atoms with Crippen molar-refractivity contribution >= 4 is 40.9 Å². The van der Waals surface area contributed by atoms with Crippen LogP contribution < -0.4 is 16.0 Å². The number of aliphatic hydroxyl groups excluding tert-OH is 1. The summed E-state index contributed by atoms with van der Waals surface area (Å²) in [6.07, 6.45) is -3.21. The number of guanidine groups is 1. The van der Waals surface area contributed by atoms with E-state index in [2.05, 4.69) is 25.9 Å². The highest BCUT2D eigenvalue weighted by Gasteiger charge is 2.32. The zero-order chi connectivity index (χ0) is 28.6. The molecule has 4 N–H and O–H groups in total. The Morgan fingerprint density at radius 1 is 1.21 bits per heavy atom. The third kappa shape index (κ3) is 9.21. The molecule has 1 aromatic carbocycles. The van der Waals surface area contributed by atoms with E-state index in [9.17, 15) is 32.7 Å². The number of benzene rings is 1. The second-order valence-corrected chi connectivity index (χ2v) is 9.15. The van der Waals surface area contributed by atoms with E-state index < -0.39 is 48.0 Å². The Kier molecular flexibility index (Phi) is 10.2. The van der Waals surface area contributed by atoms with Crippen molar-refractivity contribution < 1.29 is 37.4 Å². The van der Waals surface area contributed by atoms with Crippen LogP contribution in [0.2, 0.25) is 5.02 Å². The SMILES string of the molecule is CCOC(=O)C[C@H](CC(=O)CNC(=O)c1cncc(NC2=NCC(O)CN2)c1)c1cc(Cl)cc(C(F)(F)F)c1. The highest BCUT2D eigenvalue weighted by Crippen LogP contribution is 2.35. The molecule has 0 saturated carbocycles. The van der Waals surface area contributed by atoms with E-state index in [1.54, 1.807) is 6.92 Å². The number of ether oxygens (including phenoxy) is 1. The first-order valence-electron chi connectivity index (χ1n) is 12.0. The number of nitrogens with one attached hydrogen (secondary N) is 3. The minimum absolute atomic E-state index is 0.0530. The summed E-state index contributed by atoms with van der Waals surface area (Å²) in [7, 11) is 0. The average molecular weight is 570 g/mol. The predicted octanol–water partition coefficient (Wildman–Crippen LogP) is 2.91. The fourth-order valence-electron chi connectivity index (χ4n) is 3.75. The summed E-state index contributed by atoms with van der Waals surface area (Å²) in [6, 6.07) is 4.35. The van der Waals surface area contributed by atoms with Crippen molar-refractivity contribution in [2.45, 2.75) is 38.0 Å². The number of hydrogen-bond donors (Lipinski definition) is 4. The maximum atomic E-state index is 13.3. The fraction of sp³-hybridized carbons (Fsp3) is 0.400. The second kappa shape index (κ2) is 13.4. The van der Waals surface area contributed by atoms with Gasteiger partial charge in [0.05, 0.1) is 55.2 Å². The lowest BCUT2D eigenvalue weighted by atomic mass is 9.89. The van der Waals surface area contributed by atoms with Gasteiger partial charge in [0.25, 0.3) is 5.91 Å². The average Bonchev–Trinajstić information content (AvgIpc) is 2.87. The van der Waals surface area contributed by atoms with Gasteiger partial charge in [0.15, 0.2) is 11.7 Å². The number of hydrogen-bond acceptors (Lipinski definition) is 9.